The van der Waals surface area contributed by atoms with E-state index in [2.05, 4.69) is 5.32 Å². The molecule has 0 spiro atoms. The maximum Gasteiger partial charge on any atom is 0.416 e. The highest BCUT2D eigenvalue weighted by Crippen LogP contribution is 2.31. The minimum absolute atomic E-state index is 0.0191. The maximum absolute atomic E-state index is 12.7. The van der Waals surface area contributed by atoms with Crippen LogP contribution in [0, 0.1) is 0 Å². The molecule has 2 amide bonds. The first kappa shape index (κ1) is 24.3. The molecule has 2 rings (SSSR count). The standard InChI is InChI=1S/C20H23F3N2O5S/c1-13(2)25(19(26)24-16-8-6-15(7-9-16)20(21,22)23)12-14-5-10-17(29-3)18(11-14)30-31(4,27)28/h5-11,13H,12H2,1-4H3,(H,24,26). The van der Waals surface area contributed by atoms with Gasteiger partial charge in [-0.05, 0) is 55.8 Å². The van der Waals surface area contributed by atoms with Crippen molar-refractivity contribution in [3.63, 3.8) is 0 Å². The number of ether oxygens (including phenoxy) is 1. The van der Waals surface area contributed by atoms with Crippen LogP contribution in [0.25, 0.3) is 0 Å². The molecular weight excluding hydrogens is 437 g/mol. The first-order valence-electron chi connectivity index (χ1n) is 9.11. The van der Waals surface area contributed by atoms with Crippen LogP contribution in [0.2, 0.25) is 0 Å². The Bertz CT molecular complexity index is 1020. The highest BCUT2D eigenvalue weighted by atomic mass is 32.2. The van der Waals surface area contributed by atoms with Crippen molar-refractivity contribution in [2.24, 2.45) is 0 Å². The fourth-order valence-corrected chi connectivity index (χ4v) is 3.13. The average molecular weight is 460 g/mol. The lowest BCUT2D eigenvalue weighted by atomic mass is 10.1. The summed E-state index contributed by atoms with van der Waals surface area (Å²) in [4.78, 5) is 14.2. The Labute approximate surface area is 178 Å². The number of benzene rings is 2. The number of nitrogens with zero attached hydrogens (tertiary/aromatic N) is 1. The van der Waals surface area contributed by atoms with Crippen LogP contribution in [-0.2, 0) is 22.8 Å². The van der Waals surface area contributed by atoms with Crippen molar-refractivity contribution in [3.05, 3.63) is 53.6 Å². The Morgan fingerprint density at radius 2 is 1.71 bits per heavy atom. The molecule has 0 heterocycles. The molecule has 0 aliphatic heterocycles. The third kappa shape index (κ3) is 7.06. The molecule has 0 atom stereocenters. The van der Waals surface area contributed by atoms with Crippen molar-refractivity contribution < 1.29 is 35.3 Å². The summed E-state index contributed by atoms with van der Waals surface area (Å²) in [7, 11) is -2.43. The number of halogens is 3. The van der Waals surface area contributed by atoms with Crippen molar-refractivity contribution in [2.75, 3.05) is 18.7 Å². The predicted molar refractivity (Wildman–Crippen MR) is 110 cm³/mol. The highest BCUT2D eigenvalue weighted by molar-refractivity contribution is 7.86. The summed E-state index contributed by atoms with van der Waals surface area (Å²) in [6, 6.07) is 7.92. The fraction of sp³-hybridized carbons (Fsp3) is 0.350. The monoisotopic (exact) mass is 460 g/mol. The molecule has 0 unspecified atom stereocenters. The Morgan fingerprint density at radius 3 is 2.19 bits per heavy atom. The summed E-state index contributed by atoms with van der Waals surface area (Å²) >= 11 is 0. The summed E-state index contributed by atoms with van der Waals surface area (Å²) in [5.74, 6) is 0.189. The lowest BCUT2D eigenvalue weighted by Crippen LogP contribution is -2.39. The second-order valence-electron chi connectivity index (χ2n) is 7.00. The number of nitrogens with one attached hydrogen (secondary N) is 1. The van der Waals surface area contributed by atoms with Gasteiger partial charge in [0.25, 0.3) is 0 Å². The van der Waals surface area contributed by atoms with Gasteiger partial charge in [0, 0.05) is 18.3 Å². The van der Waals surface area contributed by atoms with Gasteiger partial charge in [-0.15, -0.1) is 0 Å². The van der Waals surface area contributed by atoms with E-state index >= 15 is 0 Å². The number of anilines is 1. The molecule has 0 saturated carbocycles. The van der Waals surface area contributed by atoms with E-state index in [4.69, 9.17) is 8.92 Å². The van der Waals surface area contributed by atoms with E-state index < -0.39 is 27.9 Å². The van der Waals surface area contributed by atoms with E-state index in [-0.39, 0.29) is 29.8 Å². The van der Waals surface area contributed by atoms with E-state index in [1.807, 2.05) is 0 Å². The van der Waals surface area contributed by atoms with Gasteiger partial charge in [-0.25, -0.2) is 4.79 Å². The van der Waals surface area contributed by atoms with Gasteiger partial charge in [0.05, 0.1) is 18.9 Å². The molecule has 0 saturated heterocycles. The molecule has 2 aromatic carbocycles. The quantitative estimate of drug-likeness (QED) is 0.616. The van der Waals surface area contributed by atoms with E-state index in [0.717, 1.165) is 18.4 Å². The van der Waals surface area contributed by atoms with Gasteiger partial charge in [-0.3, -0.25) is 0 Å². The number of methoxy groups -OCH3 is 1. The van der Waals surface area contributed by atoms with Crippen LogP contribution in [0.15, 0.2) is 42.5 Å². The number of hydrogen-bond donors (Lipinski definition) is 1. The van der Waals surface area contributed by atoms with Crippen LogP contribution in [0.4, 0.5) is 23.7 Å². The van der Waals surface area contributed by atoms with Crippen LogP contribution in [0.1, 0.15) is 25.0 Å². The molecule has 1 N–H and O–H groups in total. The minimum Gasteiger partial charge on any atom is -0.493 e. The Kier molecular flexibility index (Phi) is 7.42. The zero-order chi connectivity index (χ0) is 23.4. The van der Waals surface area contributed by atoms with Crippen LogP contribution in [0.5, 0.6) is 11.5 Å². The molecular formula is C20H23F3N2O5S. The van der Waals surface area contributed by atoms with E-state index in [0.29, 0.717) is 5.56 Å². The predicted octanol–water partition coefficient (Wildman–Crippen LogP) is 4.49. The molecule has 7 nitrogen and oxygen atoms in total. The second-order valence-corrected chi connectivity index (χ2v) is 8.57. The van der Waals surface area contributed by atoms with Gasteiger partial charge in [-0.2, -0.15) is 21.6 Å². The van der Waals surface area contributed by atoms with E-state index in [1.165, 1.54) is 36.3 Å². The van der Waals surface area contributed by atoms with Crippen molar-refractivity contribution in [2.45, 2.75) is 32.6 Å². The number of rotatable bonds is 7. The largest absolute Gasteiger partial charge is 0.493 e. The third-order valence-electron chi connectivity index (χ3n) is 4.17. The first-order valence-corrected chi connectivity index (χ1v) is 10.9. The van der Waals surface area contributed by atoms with Gasteiger partial charge in [-0.1, -0.05) is 6.07 Å². The van der Waals surface area contributed by atoms with Crippen molar-refractivity contribution >= 4 is 21.8 Å². The average Bonchev–Trinajstić information content (AvgIpc) is 2.64. The third-order valence-corrected chi connectivity index (χ3v) is 4.65. The molecule has 11 heteroatoms. The Hall–Kier alpha value is -2.95. The van der Waals surface area contributed by atoms with Crippen molar-refractivity contribution in [1.82, 2.24) is 4.90 Å². The Morgan fingerprint density at radius 1 is 1.10 bits per heavy atom. The van der Waals surface area contributed by atoms with Gasteiger partial charge in [0.1, 0.15) is 0 Å². The first-order chi connectivity index (χ1) is 14.3. The molecule has 170 valence electrons. The van der Waals surface area contributed by atoms with Gasteiger partial charge >= 0.3 is 22.3 Å². The van der Waals surface area contributed by atoms with Crippen LogP contribution < -0.4 is 14.2 Å². The highest BCUT2D eigenvalue weighted by Gasteiger charge is 2.30. The number of amides is 2. The van der Waals surface area contributed by atoms with Gasteiger partial charge in [0.2, 0.25) is 0 Å². The fourth-order valence-electron chi connectivity index (χ4n) is 2.67. The molecule has 31 heavy (non-hydrogen) atoms. The minimum atomic E-state index is -4.47. The van der Waals surface area contributed by atoms with E-state index in [9.17, 15) is 26.4 Å². The molecule has 0 bridgehead atoms. The maximum atomic E-state index is 12.7. The summed E-state index contributed by atoms with van der Waals surface area (Å²) in [5.41, 5.74) is -0.0435. The number of urea groups is 1. The number of carbonyl (C=O) groups excluding carboxylic acids is 1. The normalized spacial score (nSPS) is 11.9. The van der Waals surface area contributed by atoms with Crippen molar-refractivity contribution in [1.29, 1.82) is 0 Å². The second kappa shape index (κ2) is 9.46. The zero-order valence-corrected chi connectivity index (χ0v) is 18.2. The number of alkyl halides is 3. The smallest absolute Gasteiger partial charge is 0.416 e. The zero-order valence-electron chi connectivity index (χ0n) is 17.4. The van der Waals surface area contributed by atoms with Crippen LogP contribution in [-0.4, -0.2) is 38.8 Å². The topological polar surface area (TPSA) is 84.9 Å². The molecule has 0 fully saturated rings. The summed E-state index contributed by atoms with van der Waals surface area (Å²) in [6.45, 7) is 3.63. The van der Waals surface area contributed by atoms with Crippen LogP contribution >= 0.6 is 0 Å². The van der Waals surface area contributed by atoms with Crippen LogP contribution in [0.3, 0.4) is 0 Å². The number of hydrogen-bond acceptors (Lipinski definition) is 5. The van der Waals surface area contributed by atoms with E-state index in [1.54, 1.807) is 19.9 Å². The summed E-state index contributed by atoms with van der Waals surface area (Å²) in [6.07, 6.45) is -3.57. The lowest BCUT2D eigenvalue weighted by molar-refractivity contribution is -0.137. The molecule has 2 aromatic rings. The molecule has 0 aliphatic carbocycles. The Balaban J connectivity index is 2.20. The lowest BCUT2D eigenvalue weighted by Gasteiger charge is -2.27. The molecule has 0 radical (unpaired) electrons. The molecule has 0 aromatic heterocycles. The van der Waals surface area contributed by atoms with Gasteiger partial charge in [0.15, 0.2) is 11.5 Å². The summed E-state index contributed by atoms with van der Waals surface area (Å²) in [5, 5.41) is 2.57. The van der Waals surface area contributed by atoms with Crippen molar-refractivity contribution in [3.8, 4) is 11.5 Å². The molecule has 0 aliphatic rings. The number of carbonyl (C=O) groups is 1. The summed E-state index contributed by atoms with van der Waals surface area (Å²) < 4.78 is 71.1. The van der Waals surface area contributed by atoms with Gasteiger partial charge < -0.3 is 19.1 Å². The SMILES string of the molecule is COc1ccc(CN(C(=O)Nc2ccc(C(F)(F)F)cc2)C(C)C)cc1OS(C)(=O)=O.